The van der Waals surface area contributed by atoms with E-state index in [9.17, 15) is 0 Å². The number of nitrogens with zero attached hydrogens (tertiary/aromatic N) is 1. The molecule has 2 rings (SSSR count). The Morgan fingerprint density at radius 1 is 0.947 bits per heavy atom. The standard InChI is InChI=1S/C17H34N2/c1-14-4-6-16(7-5-14)19(3)13-17(12-18)10-8-15(2)9-11-17/h14-16H,4-13,18H2,1-3H3. The van der Waals surface area contributed by atoms with Crippen LogP contribution in [0.4, 0.5) is 0 Å². The van der Waals surface area contributed by atoms with Crippen molar-refractivity contribution in [2.75, 3.05) is 20.1 Å². The smallest absolute Gasteiger partial charge is 0.00926 e. The minimum atomic E-state index is 0.421. The monoisotopic (exact) mass is 266 g/mol. The zero-order valence-corrected chi connectivity index (χ0v) is 13.3. The Labute approximate surface area is 120 Å². The van der Waals surface area contributed by atoms with E-state index in [-0.39, 0.29) is 0 Å². The molecule has 0 aromatic rings. The van der Waals surface area contributed by atoms with Crippen LogP contribution in [0.1, 0.15) is 65.2 Å². The molecule has 2 aliphatic rings. The van der Waals surface area contributed by atoms with E-state index < -0.39 is 0 Å². The first-order valence-electron chi connectivity index (χ1n) is 8.45. The zero-order chi connectivity index (χ0) is 13.9. The van der Waals surface area contributed by atoms with Gasteiger partial charge in [-0.15, -0.1) is 0 Å². The summed E-state index contributed by atoms with van der Waals surface area (Å²) in [5, 5.41) is 0. The molecule has 0 atom stereocenters. The van der Waals surface area contributed by atoms with Crippen LogP contribution in [0.2, 0.25) is 0 Å². The lowest BCUT2D eigenvalue weighted by molar-refractivity contribution is 0.0697. The first-order valence-corrected chi connectivity index (χ1v) is 8.45. The molecule has 2 aliphatic carbocycles. The first kappa shape index (κ1) is 15.3. The SMILES string of the molecule is CC1CCC(N(C)CC2(CN)CCC(C)CC2)CC1. The molecule has 0 bridgehead atoms. The van der Waals surface area contributed by atoms with Crippen LogP contribution in [-0.2, 0) is 0 Å². The van der Waals surface area contributed by atoms with Gasteiger partial charge in [0.05, 0.1) is 0 Å². The minimum Gasteiger partial charge on any atom is -0.330 e. The molecule has 2 heteroatoms. The van der Waals surface area contributed by atoms with Crippen LogP contribution in [0.25, 0.3) is 0 Å². The van der Waals surface area contributed by atoms with Gasteiger partial charge in [0.1, 0.15) is 0 Å². The van der Waals surface area contributed by atoms with Crippen LogP contribution in [0.3, 0.4) is 0 Å². The van der Waals surface area contributed by atoms with Gasteiger partial charge in [-0.3, -0.25) is 0 Å². The maximum atomic E-state index is 6.16. The molecule has 112 valence electrons. The van der Waals surface area contributed by atoms with Crippen molar-refractivity contribution in [2.45, 2.75) is 71.3 Å². The zero-order valence-electron chi connectivity index (χ0n) is 13.3. The summed E-state index contributed by atoms with van der Waals surface area (Å²) in [6.07, 6.45) is 11.1. The molecule has 2 saturated carbocycles. The van der Waals surface area contributed by atoms with Gasteiger partial charge in [0.2, 0.25) is 0 Å². The van der Waals surface area contributed by atoms with E-state index in [4.69, 9.17) is 5.73 Å². The molecule has 0 radical (unpaired) electrons. The highest BCUT2D eigenvalue weighted by Crippen LogP contribution is 2.39. The van der Waals surface area contributed by atoms with E-state index in [1.165, 1.54) is 57.9 Å². The molecule has 0 aromatic carbocycles. The topological polar surface area (TPSA) is 29.3 Å². The Morgan fingerprint density at radius 3 is 2.00 bits per heavy atom. The second kappa shape index (κ2) is 6.58. The fourth-order valence-electron chi connectivity index (χ4n) is 4.14. The Bertz CT molecular complexity index is 260. The molecular weight excluding hydrogens is 232 g/mol. The molecule has 0 spiro atoms. The fraction of sp³-hybridized carbons (Fsp3) is 1.00. The number of hydrogen-bond acceptors (Lipinski definition) is 2. The van der Waals surface area contributed by atoms with Crippen molar-refractivity contribution in [3.05, 3.63) is 0 Å². The van der Waals surface area contributed by atoms with Gasteiger partial charge in [0, 0.05) is 12.6 Å². The van der Waals surface area contributed by atoms with E-state index in [1.54, 1.807) is 0 Å². The third kappa shape index (κ3) is 3.95. The number of rotatable bonds is 4. The van der Waals surface area contributed by atoms with Crippen molar-refractivity contribution in [2.24, 2.45) is 23.0 Å². The molecule has 0 heterocycles. The lowest BCUT2D eigenvalue weighted by Crippen LogP contribution is -2.47. The molecule has 2 nitrogen and oxygen atoms in total. The van der Waals surface area contributed by atoms with Crippen molar-refractivity contribution >= 4 is 0 Å². The second-order valence-electron chi connectivity index (χ2n) is 7.72. The van der Waals surface area contributed by atoms with E-state index in [0.29, 0.717) is 5.41 Å². The van der Waals surface area contributed by atoms with Crippen molar-refractivity contribution < 1.29 is 0 Å². The average molecular weight is 266 g/mol. The molecular formula is C17H34N2. The molecule has 0 saturated heterocycles. The van der Waals surface area contributed by atoms with Crippen LogP contribution >= 0.6 is 0 Å². The predicted octanol–water partition coefficient (Wildman–Crippen LogP) is 3.65. The maximum absolute atomic E-state index is 6.16. The van der Waals surface area contributed by atoms with Crippen molar-refractivity contribution in [1.29, 1.82) is 0 Å². The van der Waals surface area contributed by atoms with Gasteiger partial charge in [0.15, 0.2) is 0 Å². The second-order valence-corrected chi connectivity index (χ2v) is 7.72. The molecule has 2 N–H and O–H groups in total. The highest BCUT2D eigenvalue weighted by Gasteiger charge is 2.35. The molecule has 19 heavy (non-hydrogen) atoms. The summed E-state index contributed by atoms with van der Waals surface area (Å²) >= 11 is 0. The molecule has 0 aliphatic heterocycles. The highest BCUT2D eigenvalue weighted by atomic mass is 15.1. The van der Waals surface area contributed by atoms with Crippen molar-refractivity contribution in [3.8, 4) is 0 Å². The largest absolute Gasteiger partial charge is 0.330 e. The van der Waals surface area contributed by atoms with Crippen LogP contribution < -0.4 is 5.73 Å². The molecule has 0 amide bonds. The Morgan fingerprint density at radius 2 is 1.47 bits per heavy atom. The van der Waals surface area contributed by atoms with Gasteiger partial charge in [-0.25, -0.2) is 0 Å². The van der Waals surface area contributed by atoms with Crippen molar-refractivity contribution in [3.63, 3.8) is 0 Å². The van der Waals surface area contributed by atoms with Crippen LogP contribution in [0.5, 0.6) is 0 Å². The third-order valence-corrected chi connectivity index (χ3v) is 5.96. The van der Waals surface area contributed by atoms with E-state index >= 15 is 0 Å². The van der Waals surface area contributed by atoms with Gasteiger partial charge in [-0.1, -0.05) is 26.7 Å². The number of nitrogens with two attached hydrogens (primary N) is 1. The van der Waals surface area contributed by atoms with Gasteiger partial charge < -0.3 is 10.6 Å². The maximum Gasteiger partial charge on any atom is 0.00926 e. The Balaban J connectivity index is 1.87. The van der Waals surface area contributed by atoms with Crippen molar-refractivity contribution in [1.82, 2.24) is 4.90 Å². The summed E-state index contributed by atoms with van der Waals surface area (Å²) < 4.78 is 0. The van der Waals surface area contributed by atoms with E-state index in [0.717, 1.165) is 24.4 Å². The summed E-state index contributed by atoms with van der Waals surface area (Å²) in [6.45, 7) is 6.91. The lowest BCUT2D eigenvalue weighted by atomic mass is 9.70. The van der Waals surface area contributed by atoms with Crippen LogP contribution in [0.15, 0.2) is 0 Å². The van der Waals surface area contributed by atoms with E-state index in [1.807, 2.05) is 0 Å². The summed E-state index contributed by atoms with van der Waals surface area (Å²) in [5.74, 6) is 1.86. The summed E-state index contributed by atoms with van der Waals surface area (Å²) in [4.78, 5) is 2.65. The predicted molar refractivity (Wildman–Crippen MR) is 83.2 cm³/mol. The van der Waals surface area contributed by atoms with Gasteiger partial charge in [0.25, 0.3) is 0 Å². The summed E-state index contributed by atoms with van der Waals surface area (Å²) in [5.41, 5.74) is 6.58. The quantitative estimate of drug-likeness (QED) is 0.841. The molecule has 0 aromatic heterocycles. The van der Waals surface area contributed by atoms with Gasteiger partial charge in [-0.05, 0) is 69.4 Å². The molecule has 0 unspecified atom stereocenters. The Hall–Kier alpha value is -0.0800. The van der Waals surface area contributed by atoms with Gasteiger partial charge >= 0.3 is 0 Å². The summed E-state index contributed by atoms with van der Waals surface area (Å²) in [7, 11) is 2.34. The third-order valence-electron chi connectivity index (χ3n) is 5.96. The first-order chi connectivity index (χ1) is 9.04. The van der Waals surface area contributed by atoms with Crippen LogP contribution in [0, 0.1) is 17.3 Å². The Kier molecular flexibility index (Phi) is 5.30. The summed E-state index contributed by atoms with van der Waals surface area (Å²) in [6, 6.07) is 0.818. The number of hydrogen-bond donors (Lipinski definition) is 1. The normalized spacial score (nSPS) is 40.6. The minimum absolute atomic E-state index is 0.421. The average Bonchev–Trinajstić information content (AvgIpc) is 2.42. The lowest BCUT2D eigenvalue weighted by Gasteiger charge is -2.44. The van der Waals surface area contributed by atoms with E-state index in [2.05, 4.69) is 25.8 Å². The highest BCUT2D eigenvalue weighted by molar-refractivity contribution is 4.90. The fourth-order valence-corrected chi connectivity index (χ4v) is 4.14. The van der Waals surface area contributed by atoms with Gasteiger partial charge in [-0.2, -0.15) is 0 Å². The molecule has 2 fully saturated rings. The van der Waals surface area contributed by atoms with Crippen LogP contribution in [-0.4, -0.2) is 31.1 Å².